The Morgan fingerprint density at radius 2 is 1.74 bits per heavy atom. The highest BCUT2D eigenvalue weighted by Crippen LogP contribution is 2.24. The number of carbonyl (C=O) groups is 1. The lowest BCUT2D eigenvalue weighted by molar-refractivity contribution is -0.118. The average molecular weight is 455 g/mol. The van der Waals surface area contributed by atoms with Gasteiger partial charge in [-0.3, -0.25) is 9.69 Å². The number of rotatable bonds is 9. The minimum Gasteiger partial charge on any atom is -0.351 e. The molecule has 3 aromatic rings. The van der Waals surface area contributed by atoms with Crippen molar-refractivity contribution in [1.29, 1.82) is 0 Å². The lowest BCUT2D eigenvalue weighted by Gasteiger charge is -2.34. The Kier molecular flexibility index (Phi) is 7.97. The second-order valence-electron chi connectivity index (χ2n) is 7.82. The number of thioether (sulfide) groups is 1. The van der Waals surface area contributed by atoms with Gasteiger partial charge >= 0.3 is 0 Å². The van der Waals surface area contributed by atoms with Crippen LogP contribution in [-0.4, -0.2) is 59.2 Å². The molecule has 0 bridgehead atoms. The van der Waals surface area contributed by atoms with Gasteiger partial charge in [-0.2, -0.15) is 0 Å². The van der Waals surface area contributed by atoms with Crippen molar-refractivity contribution in [2.45, 2.75) is 25.8 Å². The van der Waals surface area contributed by atoms with Crippen LogP contribution in [0.5, 0.6) is 0 Å². The number of hydrogen-bond donors (Lipinski definition) is 1. The van der Waals surface area contributed by atoms with Crippen molar-refractivity contribution in [2.24, 2.45) is 0 Å². The lowest BCUT2D eigenvalue weighted by atomic mass is 10.1. The van der Waals surface area contributed by atoms with Crippen LogP contribution in [0.2, 0.25) is 0 Å². The van der Waals surface area contributed by atoms with Crippen LogP contribution in [0.25, 0.3) is 10.2 Å². The smallest absolute Gasteiger partial charge is 0.230 e. The average Bonchev–Trinajstić information content (AvgIpc) is 3.22. The number of para-hydroxylation sites is 1. The van der Waals surface area contributed by atoms with Crippen molar-refractivity contribution in [3.8, 4) is 0 Å². The second-order valence-corrected chi connectivity index (χ2v) is 9.92. The molecule has 0 radical (unpaired) electrons. The number of fused-ring (bicyclic) bond motifs is 1. The number of thiazole rings is 1. The van der Waals surface area contributed by atoms with Crippen LogP contribution in [0.4, 0.5) is 0 Å². The first-order valence-electron chi connectivity index (χ1n) is 10.9. The molecule has 1 aromatic heterocycles. The summed E-state index contributed by atoms with van der Waals surface area (Å²) in [4.78, 5) is 22.0. The zero-order chi connectivity index (χ0) is 21.5. The van der Waals surface area contributed by atoms with Gasteiger partial charge in [0.25, 0.3) is 0 Å². The quantitative estimate of drug-likeness (QED) is 0.530. The standard InChI is InChI=1S/C24H30N4OS2/c1-2-27-11-13-28(14-12-27)16-20-8-4-3-7-19(20)15-25-23(29)17-30-18-24-26-21-9-5-6-10-22(21)31-24/h3-10H,2,11-18H2,1H3,(H,25,29). The molecule has 1 fully saturated rings. The maximum absolute atomic E-state index is 12.4. The van der Waals surface area contributed by atoms with Crippen LogP contribution in [-0.2, 0) is 23.6 Å². The molecule has 1 aliphatic rings. The highest BCUT2D eigenvalue weighted by atomic mass is 32.2. The Labute approximate surface area is 192 Å². The molecule has 1 amide bonds. The molecule has 1 N–H and O–H groups in total. The molecule has 1 saturated heterocycles. The van der Waals surface area contributed by atoms with Crippen molar-refractivity contribution in [1.82, 2.24) is 20.1 Å². The van der Waals surface area contributed by atoms with E-state index in [-0.39, 0.29) is 5.91 Å². The largest absolute Gasteiger partial charge is 0.351 e. The second kappa shape index (κ2) is 11.1. The number of piperazine rings is 1. The van der Waals surface area contributed by atoms with E-state index in [2.05, 4.69) is 57.4 Å². The predicted molar refractivity (Wildman–Crippen MR) is 131 cm³/mol. The van der Waals surface area contributed by atoms with E-state index in [9.17, 15) is 4.79 Å². The summed E-state index contributed by atoms with van der Waals surface area (Å²) < 4.78 is 1.20. The number of carbonyl (C=O) groups excluding carboxylic acids is 1. The molecule has 0 spiro atoms. The van der Waals surface area contributed by atoms with E-state index in [0.717, 1.165) is 55.5 Å². The zero-order valence-electron chi connectivity index (χ0n) is 18.0. The minimum absolute atomic E-state index is 0.0810. The molecule has 0 unspecified atom stereocenters. The van der Waals surface area contributed by atoms with Gasteiger partial charge in [0.05, 0.1) is 16.0 Å². The highest BCUT2D eigenvalue weighted by Gasteiger charge is 2.16. The summed E-state index contributed by atoms with van der Waals surface area (Å²) in [7, 11) is 0. The van der Waals surface area contributed by atoms with E-state index in [1.54, 1.807) is 23.1 Å². The van der Waals surface area contributed by atoms with Gasteiger partial charge in [0.15, 0.2) is 0 Å². The predicted octanol–water partition coefficient (Wildman–Crippen LogP) is 3.98. The van der Waals surface area contributed by atoms with Gasteiger partial charge in [-0.1, -0.05) is 43.3 Å². The van der Waals surface area contributed by atoms with E-state index in [1.165, 1.54) is 15.8 Å². The topological polar surface area (TPSA) is 48.5 Å². The molecule has 1 aliphatic heterocycles. The molecule has 4 rings (SSSR count). The van der Waals surface area contributed by atoms with Gasteiger partial charge in [0, 0.05) is 45.0 Å². The number of likely N-dealkylation sites (N-methyl/N-ethyl adjacent to an activating group) is 1. The minimum atomic E-state index is 0.0810. The number of aromatic nitrogens is 1. The summed E-state index contributed by atoms with van der Waals surface area (Å²) in [6, 6.07) is 16.6. The Morgan fingerprint density at radius 3 is 2.52 bits per heavy atom. The molecule has 164 valence electrons. The van der Waals surface area contributed by atoms with E-state index in [4.69, 9.17) is 0 Å². The third-order valence-corrected chi connectivity index (χ3v) is 7.86. The van der Waals surface area contributed by atoms with Crippen LogP contribution in [0.15, 0.2) is 48.5 Å². The summed E-state index contributed by atoms with van der Waals surface area (Å²) in [5.74, 6) is 1.31. The Hall–Kier alpha value is -1.93. The first-order valence-corrected chi connectivity index (χ1v) is 12.9. The van der Waals surface area contributed by atoms with Crippen molar-refractivity contribution >= 4 is 39.2 Å². The van der Waals surface area contributed by atoms with Gasteiger partial charge in [-0.05, 0) is 29.8 Å². The third-order valence-electron chi connectivity index (χ3n) is 5.70. The van der Waals surface area contributed by atoms with Crippen LogP contribution in [0.3, 0.4) is 0 Å². The molecule has 2 heterocycles. The summed E-state index contributed by atoms with van der Waals surface area (Å²) in [5, 5.41) is 4.18. The van der Waals surface area contributed by atoms with Crippen molar-refractivity contribution in [2.75, 3.05) is 38.5 Å². The van der Waals surface area contributed by atoms with Gasteiger partial charge in [0.1, 0.15) is 5.01 Å². The van der Waals surface area contributed by atoms with E-state index in [1.807, 2.05) is 18.2 Å². The molecule has 31 heavy (non-hydrogen) atoms. The third kappa shape index (κ3) is 6.29. The number of amides is 1. The number of nitrogens with one attached hydrogen (secondary N) is 1. The molecule has 0 aliphatic carbocycles. The highest BCUT2D eigenvalue weighted by molar-refractivity contribution is 7.99. The first kappa shape index (κ1) is 22.3. The zero-order valence-corrected chi connectivity index (χ0v) is 19.7. The van der Waals surface area contributed by atoms with Gasteiger partial charge in [-0.25, -0.2) is 4.98 Å². The van der Waals surface area contributed by atoms with Crippen LogP contribution >= 0.6 is 23.1 Å². The Morgan fingerprint density at radius 1 is 1.03 bits per heavy atom. The maximum Gasteiger partial charge on any atom is 0.230 e. The van der Waals surface area contributed by atoms with Gasteiger partial charge < -0.3 is 10.2 Å². The first-order chi connectivity index (χ1) is 15.2. The molecule has 0 saturated carbocycles. The molecule has 7 heteroatoms. The molecule has 2 aromatic carbocycles. The molecule has 5 nitrogen and oxygen atoms in total. The molecular weight excluding hydrogens is 424 g/mol. The van der Waals surface area contributed by atoms with Crippen molar-refractivity contribution in [3.63, 3.8) is 0 Å². The monoisotopic (exact) mass is 454 g/mol. The fourth-order valence-corrected chi connectivity index (χ4v) is 5.72. The van der Waals surface area contributed by atoms with Crippen LogP contribution < -0.4 is 5.32 Å². The fourth-order valence-electron chi connectivity index (χ4n) is 3.85. The van der Waals surface area contributed by atoms with E-state index < -0.39 is 0 Å². The number of hydrogen-bond acceptors (Lipinski definition) is 6. The van der Waals surface area contributed by atoms with Crippen molar-refractivity contribution in [3.05, 3.63) is 64.7 Å². The van der Waals surface area contributed by atoms with E-state index >= 15 is 0 Å². The Bertz CT molecular complexity index is 965. The van der Waals surface area contributed by atoms with Gasteiger partial charge in [0.2, 0.25) is 5.91 Å². The van der Waals surface area contributed by atoms with Crippen molar-refractivity contribution < 1.29 is 4.79 Å². The fraction of sp³-hybridized carbons (Fsp3) is 0.417. The Balaban J connectivity index is 1.23. The lowest BCUT2D eigenvalue weighted by Crippen LogP contribution is -2.45. The summed E-state index contributed by atoms with van der Waals surface area (Å²) in [6.07, 6.45) is 0. The molecule has 0 atom stereocenters. The SMILES string of the molecule is CCN1CCN(Cc2ccccc2CNC(=O)CSCc2nc3ccccc3s2)CC1. The van der Waals surface area contributed by atoms with Crippen LogP contribution in [0.1, 0.15) is 23.1 Å². The summed E-state index contributed by atoms with van der Waals surface area (Å²) in [6.45, 7) is 9.40. The van der Waals surface area contributed by atoms with Gasteiger partial charge in [-0.15, -0.1) is 23.1 Å². The number of nitrogens with zero attached hydrogens (tertiary/aromatic N) is 3. The van der Waals surface area contributed by atoms with Crippen LogP contribution in [0, 0.1) is 0 Å². The van der Waals surface area contributed by atoms with E-state index in [0.29, 0.717) is 12.3 Å². The summed E-state index contributed by atoms with van der Waals surface area (Å²) in [5.41, 5.74) is 3.57. The summed E-state index contributed by atoms with van der Waals surface area (Å²) >= 11 is 3.33. The number of benzene rings is 2. The normalized spacial score (nSPS) is 15.4. The molecular formula is C24H30N4OS2. The maximum atomic E-state index is 12.4.